The van der Waals surface area contributed by atoms with Crippen molar-refractivity contribution in [3.05, 3.63) is 0 Å². The van der Waals surface area contributed by atoms with E-state index in [4.69, 9.17) is 5.26 Å². The smallest absolute Gasteiger partial charge is 0.301 e. The molecule has 27 heavy (non-hydrogen) atoms. The van der Waals surface area contributed by atoms with E-state index in [2.05, 4.69) is 11.8 Å². The molecule has 0 heterocycles. The van der Waals surface area contributed by atoms with Gasteiger partial charge >= 0.3 is 29.0 Å². The van der Waals surface area contributed by atoms with Crippen LogP contribution in [0.3, 0.4) is 0 Å². The fraction of sp³-hybridized carbons (Fsp3) is 0.955. The molecule has 0 aliphatic rings. The number of carbonyl (C=O) groups is 1. The summed E-state index contributed by atoms with van der Waals surface area (Å²) in [5, 5.41) is 8.14. The molecule has 0 saturated carbocycles. The third-order valence-corrected chi connectivity index (χ3v) is 5.09. The number of hydrogen-bond donors (Lipinski definition) is 1. The predicted octanol–water partition coefficient (Wildman–Crippen LogP) is 5.72. The van der Waals surface area contributed by atoms with Crippen molar-refractivity contribution in [1.29, 1.82) is 0 Å². The van der Waals surface area contributed by atoms with Gasteiger partial charge in [-0.1, -0.05) is 122 Å². The van der Waals surface area contributed by atoms with E-state index in [0.717, 1.165) is 12.8 Å². The first-order valence-electron chi connectivity index (χ1n) is 11.2. The van der Waals surface area contributed by atoms with Crippen molar-refractivity contribution in [2.75, 3.05) is 0 Å². The van der Waals surface area contributed by atoms with Crippen molar-refractivity contribution in [2.24, 2.45) is 0 Å². The van der Waals surface area contributed by atoms with E-state index in [9.17, 15) is 4.79 Å². The molecule has 0 saturated heterocycles. The number of hydrogen-bond acceptors (Lipinski definition) is 3. The van der Waals surface area contributed by atoms with Crippen LogP contribution in [0.5, 0.6) is 0 Å². The minimum Gasteiger partial charge on any atom is -0.301 e. The summed E-state index contributed by atoms with van der Waals surface area (Å²) in [7, 11) is 0. The largest absolute Gasteiger partial charge is 0.342 e. The zero-order valence-electron chi connectivity index (χ0n) is 16.9. The van der Waals surface area contributed by atoms with Crippen molar-refractivity contribution >= 4 is 46.4 Å². The lowest BCUT2D eigenvalue weighted by Crippen LogP contribution is -1.99. The first kappa shape index (κ1) is 32.4. The molecule has 0 aromatic heterocycles. The van der Waals surface area contributed by atoms with Crippen molar-refractivity contribution in [2.45, 2.75) is 135 Å². The van der Waals surface area contributed by atoms with Gasteiger partial charge in [0.2, 0.25) is 0 Å². The zero-order chi connectivity index (χ0) is 18.4. The van der Waals surface area contributed by atoms with Gasteiger partial charge in [0.15, 0.2) is 17.4 Å². The van der Waals surface area contributed by atoms with Crippen molar-refractivity contribution in [1.82, 2.24) is 0 Å². The lowest BCUT2D eigenvalue weighted by atomic mass is 10.0. The Kier molecular flexibility index (Phi) is 34.7. The topological polar surface area (TPSA) is 46.5 Å². The van der Waals surface area contributed by atoms with E-state index in [-0.39, 0.29) is 40.4 Å². The van der Waals surface area contributed by atoms with Crippen LogP contribution in [0.2, 0.25) is 0 Å². The van der Waals surface area contributed by atoms with Gasteiger partial charge in [0.1, 0.15) is 0 Å². The molecule has 0 aromatic carbocycles. The highest BCUT2D eigenvalue weighted by Gasteiger charge is 2.00. The van der Waals surface area contributed by atoms with Gasteiger partial charge in [-0.05, 0) is 6.42 Å². The molecule has 0 spiro atoms. The number of carbonyl (C=O) groups excluding carboxylic acids is 1. The second kappa shape index (κ2) is 28.9. The van der Waals surface area contributed by atoms with E-state index in [0.29, 0.717) is 6.42 Å². The van der Waals surface area contributed by atoms with Gasteiger partial charge in [-0.2, -0.15) is 5.26 Å². The van der Waals surface area contributed by atoms with Crippen LogP contribution < -0.4 is 0 Å². The van der Waals surface area contributed by atoms with Gasteiger partial charge in [-0.25, -0.2) is 4.79 Å². The maximum Gasteiger partial charge on any atom is 0.342 e. The predicted molar refractivity (Wildman–Crippen MR) is 125 cm³/mol. The lowest BCUT2D eigenvalue weighted by molar-refractivity contribution is -0.234. The van der Waals surface area contributed by atoms with Gasteiger partial charge in [-0.15, -0.1) is 0 Å². The molecule has 0 rings (SSSR count). The zero-order valence-corrected chi connectivity index (χ0v) is 16.9. The summed E-state index contributed by atoms with van der Waals surface area (Å²) >= 11 is 0. The van der Waals surface area contributed by atoms with Crippen molar-refractivity contribution in [3.63, 3.8) is 0 Å². The molecule has 0 aliphatic carbocycles. The standard InChI is InChI=1S/C22H44O3.Al.Mg.5H/c1-2-3-4-5-6-7-8-9-10-11-12-13-14-15-16-17-18-19-20-21-22(23)25-24;;;;;;;/h24H,2-21H2,1H3;;;;;;;. The average molecular weight is 413 g/mol. The summed E-state index contributed by atoms with van der Waals surface area (Å²) < 4.78 is 0. The minimum atomic E-state index is -0.507. The van der Waals surface area contributed by atoms with Crippen LogP contribution in [0.4, 0.5) is 0 Å². The lowest BCUT2D eigenvalue weighted by Gasteiger charge is -2.04. The van der Waals surface area contributed by atoms with Crippen LogP contribution >= 0.6 is 0 Å². The summed E-state index contributed by atoms with van der Waals surface area (Å²) in [5.74, 6) is -0.507. The Morgan fingerprint density at radius 1 is 0.593 bits per heavy atom. The monoisotopic (exact) mass is 412 g/mol. The van der Waals surface area contributed by atoms with Crippen LogP contribution in [-0.4, -0.2) is 51.6 Å². The Labute approximate surface area is 196 Å². The van der Waals surface area contributed by atoms with E-state index < -0.39 is 5.97 Å². The van der Waals surface area contributed by atoms with Crippen LogP contribution in [-0.2, 0) is 9.68 Å². The SMILES string of the molecule is CCCCCCCCCCCCCCCCCCCCCC(=O)OO.[AlH3].[MgH2]. The maximum absolute atomic E-state index is 10.7. The Morgan fingerprint density at radius 3 is 1.11 bits per heavy atom. The molecule has 0 aliphatic heterocycles. The van der Waals surface area contributed by atoms with E-state index in [1.807, 2.05) is 0 Å². The van der Waals surface area contributed by atoms with Crippen LogP contribution in [0.15, 0.2) is 0 Å². The van der Waals surface area contributed by atoms with Gasteiger partial charge in [-0.3, -0.25) is 0 Å². The van der Waals surface area contributed by atoms with E-state index in [1.165, 1.54) is 109 Å². The van der Waals surface area contributed by atoms with Crippen LogP contribution in [0.1, 0.15) is 135 Å². The third-order valence-electron chi connectivity index (χ3n) is 5.09. The molecule has 0 unspecified atom stereocenters. The summed E-state index contributed by atoms with van der Waals surface area (Å²) in [6, 6.07) is 0. The Morgan fingerprint density at radius 2 is 0.852 bits per heavy atom. The second-order valence-corrected chi connectivity index (χ2v) is 7.58. The summed E-state index contributed by atoms with van der Waals surface area (Å²) in [4.78, 5) is 14.4. The maximum atomic E-state index is 10.7. The first-order chi connectivity index (χ1) is 12.3. The van der Waals surface area contributed by atoms with Gasteiger partial charge < -0.3 is 4.89 Å². The highest BCUT2D eigenvalue weighted by atomic mass is 27.0. The highest BCUT2D eigenvalue weighted by molar-refractivity contribution is 5.76. The molecule has 0 aromatic rings. The Balaban J connectivity index is -0.00000288. The molecule has 0 atom stereocenters. The summed E-state index contributed by atoms with van der Waals surface area (Å²) in [6.45, 7) is 2.28. The first-order valence-corrected chi connectivity index (χ1v) is 11.2. The molecular formula is C22H49AlMgO3. The summed E-state index contributed by atoms with van der Waals surface area (Å²) in [5.41, 5.74) is 0. The average Bonchev–Trinajstić information content (AvgIpc) is 2.63. The number of unbranched alkanes of at least 4 members (excludes halogenated alkanes) is 18. The molecule has 160 valence electrons. The van der Waals surface area contributed by atoms with Crippen molar-refractivity contribution < 1.29 is 14.9 Å². The van der Waals surface area contributed by atoms with Gasteiger partial charge in [0.25, 0.3) is 0 Å². The number of rotatable bonds is 20. The van der Waals surface area contributed by atoms with Gasteiger partial charge in [0, 0.05) is 6.42 Å². The van der Waals surface area contributed by atoms with E-state index in [1.54, 1.807) is 0 Å². The van der Waals surface area contributed by atoms with Crippen LogP contribution in [0, 0.1) is 0 Å². The molecule has 1 N–H and O–H groups in total. The molecule has 0 amide bonds. The molecule has 0 bridgehead atoms. The Bertz CT molecular complexity index is 278. The highest BCUT2D eigenvalue weighted by Crippen LogP contribution is 2.14. The molecule has 3 nitrogen and oxygen atoms in total. The second-order valence-electron chi connectivity index (χ2n) is 7.58. The quantitative estimate of drug-likeness (QED) is 0.120. The Hall–Kier alpha value is 0.729. The third kappa shape index (κ3) is 29.0. The van der Waals surface area contributed by atoms with Gasteiger partial charge in [0.05, 0.1) is 0 Å². The molecule has 0 fully saturated rings. The normalized spacial score (nSPS) is 10.1. The molecule has 0 radical (unpaired) electrons. The minimum absolute atomic E-state index is 0. The summed E-state index contributed by atoms with van der Waals surface area (Å²) in [6.07, 6.45) is 25.9. The van der Waals surface area contributed by atoms with Crippen LogP contribution in [0.25, 0.3) is 0 Å². The fourth-order valence-electron chi connectivity index (χ4n) is 3.39. The molecule has 5 heteroatoms. The fourth-order valence-corrected chi connectivity index (χ4v) is 3.39. The molecular weight excluding hydrogens is 364 g/mol. The van der Waals surface area contributed by atoms with Crippen molar-refractivity contribution in [3.8, 4) is 0 Å². The van der Waals surface area contributed by atoms with E-state index >= 15 is 0 Å².